The second kappa shape index (κ2) is 10.4. The van der Waals surface area contributed by atoms with Crippen molar-refractivity contribution in [2.24, 2.45) is 0 Å². The molecule has 0 saturated carbocycles. The molecule has 1 atom stereocenters. The zero-order chi connectivity index (χ0) is 21.4. The summed E-state index contributed by atoms with van der Waals surface area (Å²) in [5.74, 6) is -0.111. The molecule has 0 unspecified atom stereocenters. The summed E-state index contributed by atoms with van der Waals surface area (Å²) in [7, 11) is 4.36. The summed E-state index contributed by atoms with van der Waals surface area (Å²) in [5.41, 5.74) is 0.732. The van der Waals surface area contributed by atoms with E-state index in [9.17, 15) is 9.59 Å². The molecule has 0 spiro atoms. The number of likely N-dealkylation sites (N-methyl/N-ethyl adjacent to an activating group) is 1. The molecule has 2 aromatic carbocycles. The van der Waals surface area contributed by atoms with Crippen LogP contribution in [0, 0.1) is 0 Å². The highest BCUT2D eigenvalue weighted by Gasteiger charge is 2.31. The number of esters is 1. The van der Waals surface area contributed by atoms with Gasteiger partial charge in [0.05, 0.1) is 21.3 Å². The first-order valence-corrected chi connectivity index (χ1v) is 9.35. The Hall–Kier alpha value is -3.22. The number of hydrogen-bond acceptors (Lipinski definition) is 6. The molecule has 156 valence electrons. The molecule has 29 heavy (non-hydrogen) atoms. The third-order valence-corrected chi connectivity index (χ3v) is 4.55. The second-order valence-electron chi connectivity index (χ2n) is 6.09. The third-order valence-electron chi connectivity index (χ3n) is 4.55. The summed E-state index contributed by atoms with van der Waals surface area (Å²) in [5, 5.41) is 0. The van der Waals surface area contributed by atoms with Crippen LogP contribution >= 0.6 is 0 Å². The first-order valence-electron chi connectivity index (χ1n) is 9.35. The van der Waals surface area contributed by atoms with Crippen molar-refractivity contribution in [1.29, 1.82) is 0 Å². The monoisotopic (exact) mass is 401 g/mol. The van der Waals surface area contributed by atoms with E-state index in [1.54, 1.807) is 35.2 Å². The van der Waals surface area contributed by atoms with Gasteiger partial charge in [0.25, 0.3) is 5.91 Å². The molecule has 7 nitrogen and oxygen atoms in total. The molecular weight excluding hydrogens is 374 g/mol. The highest BCUT2D eigenvalue weighted by molar-refractivity contribution is 5.96. The zero-order valence-corrected chi connectivity index (χ0v) is 17.4. The lowest BCUT2D eigenvalue weighted by atomic mass is 10.1. The molecule has 0 fully saturated rings. The fourth-order valence-corrected chi connectivity index (χ4v) is 3.02. The van der Waals surface area contributed by atoms with E-state index < -0.39 is 12.1 Å². The minimum Gasteiger partial charge on any atom is -0.493 e. The van der Waals surface area contributed by atoms with Crippen LogP contribution in [0.25, 0.3) is 0 Å². The van der Waals surface area contributed by atoms with Crippen LogP contribution in [0.5, 0.6) is 17.2 Å². The van der Waals surface area contributed by atoms with Crippen LogP contribution in [0.2, 0.25) is 0 Å². The van der Waals surface area contributed by atoms with Gasteiger partial charge in [-0.1, -0.05) is 30.3 Å². The summed E-state index contributed by atoms with van der Waals surface area (Å²) >= 11 is 0. The van der Waals surface area contributed by atoms with Crippen molar-refractivity contribution in [1.82, 2.24) is 4.90 Å². The first kappa shape index (κ1) is 22.1. The third kappa shape index (κ3) is 4.80. The van der Waals surface area contributed by atoms with Crippen LogP contribution in [-0.4, -0.2) is 51.2 Å². The predicted molar refractivity (Wildman–Crippen MR) is 109 cm³/mol. The Balaban J connectivity index is 2.44. The Labute approximate surface area is 171 Å². The molecule has 0 aliphatic rings. The van der Waals surface area contributed by atoms with Gasteiger partial charge in [-0.15, -0.1) is 0 Å². The number of carbonyl (C=O) groups is 2. The topological polar surface area (TPSA) is 74.3 Å². The molecule has 1 amide bonds. The maximum atomic E-state index is 13.0. The quantitative estimate of drug-likeness (QED) is 0.599. The lowest BCUT2D eigenvalue weighted by molar-refractivity contribution is -0.140. The van der Waals surface area contributed by atoms with Crippen LogP contribution in [-0.2, 0) is 9.53 Å². The van der Waals surface area contributed by atoms with Crippen LogP contribution in [0.3, 0.4) is 0 Å². The van der Waals surface area contributed by atoms with E-state index in [0.29, 0.717) is 24.4 Å². The normalized spacial score (nSPS) is 11.3. The lowest BCUT2D eigenvalue weighted by Crippen LogP contribution is -2.36. The van der Waals surface area contributed by atoms with E-state index in [1.165, 1.54) is 27.4 Å². The minimum atomic E-state index is -1.07. The maximum Gasteiger partial charge on any atom is 0.343 e. The average molecular weight is 401 g/mol. The van der Waals surface area contributed by atoms with Gasteiger partial charge < -0.3 is 23.8 Å². The molecule has 2 aromatic rings. The van der Waals surface area contributed by atoms with E-state index in [2.05, 4.69) is 0 Å². The molecule has 0 heterocycles. The largest absolute Gasteiger partial charge is 0.493 e. The Bertz CT molecular complexity index is 833. The number of hydrogen-bond donors (Lipinski definition) is 0. The number of amides is 1. The van der Waals surface area contributed by atoms with Crippen LogP contribution in [0.1, 0.15) is 35.9 Å². The molecule has 0 saturated heterocycles. The molecule has 0 aliphatic heterocycles. The summed E-state index contributed by atoms with van der Waals surface area (Å²) in [4.78, 5) is 27.7. The summed E-state index contributed by atoms with van der Waals surface area (Å²) in [6.45, 7) is 4.77. The van der Waals surface area contributed by atoms with Gasteiger partial charge in [-0.25, -0.2) is 4.79 Å². The zero-order valence-electron chi connectivity index (χ0n) is 17.4. The van der Waals surface area contributed by atoms with Gasteiger partial charge in [-0.2, -0.15) is 0 Å². The van der Waals surface area contributed by atoms with Crippen LogP contribution < -0.4 is 14.2 Å². The van der Waals surface area contributed by atoms with Crippen molar-refractivity contribution < 1.29 is 28.5 Å². The highest BCUT2D eigenvalue weighted by atomic mass is 16.6. The van der Waals surface area contributed by atoms with Gasteiger partial charge in [0.1, 0.15) is 5.56 Å². The molecule has 0 bridgehead atoms. The van der Waals surface area contributed by atoms with Crippen molar-refractivity contribution in [2.45, 2.75) is 20.0 Å². The van der Waals surface area contributed by atoms with Crippen LogP contribution in [0.4, 0.5) is 0 Å². The van der Waals surface area contributed by atoms with Crippen molar-refractivity contribution in [2.75, 3.05) is 34.4 Å². The van der Waals surface area contributed by atoms with Crippen LogP contribution in [0.15, 0.2) is 42.5 Å². The summed E-state index contributed by atoms with van der Waals surface area (Å²) in [6, 6.07) is 12.0. The second-order valence-corrected chi connectivity index (χ2v) is 6.09. The fourth-order valence-electron chi connectivity index (χ4n) is 3.02. The lowest BCUT2D eigenvalue weighted by Gasteiger charge is -2.25. The van der Waals surface area contributed by atoms with E-state index in [1.807, 2.05) is 19.9 Å². The Morgan fingerprint density at radius 3 is 2.00 bits per heavy atom. The number of ether oxygens (including phenoxy) is 4. The number of methoxy groups -OCH3 is 3. The van der Waals surface area contributed by atoms with E-state index in [4.69, 9.17) is 18.9 Å². The Morgan fingerprint density at radius 2 is 1.48 bits per heavy atom. The molecule has 7 heteroatoms. The number of carbonyl (C=O) groups excluding carboxylic acids is 2. The SMILES string of the molecule is CCN(CC)C(=O)[C@H](OC(=O)c1ccc(OC)c(OC)c1OC)c1ccccc1. The summed E-state index contributed by atoms with van der Waals surface area (Å²) in [6.07, 6.45) is -1.07. The molecule has 0 aromatic heterocycles. The van der Waals surface area contributed by atoms with Gasteiger partial charge in [0.2, 0.25) is 11.9 Å². The number of benzene rings is 2. The molecule has 0 aliphatic carbocycles. The molecule has 2 rings (SSSR count). The number of nitrogens with zero attached hydrogens (tertiary/aromatic N) is 1. The summed E-state index contributed by atoms with van der Waals surface area (Å²) < 4.78 is 21.6. The maximum absolute atomic E-state index is 13.0. The van der Waals surface area contributed by atoms with Gasteiger partial charge in [0.15, 0.2) is 11.5 Å². The Kier molecular flexibility index (Phi) is 7.88. The van der Waals surface area contributed by atoms with Gasteiger partial charge >= 0.3 is 5.97 Å². The van der Waals surface area contributed by atoms with E-state index in [0.717, 1.165) is 0 Å². The van der Waals surface area contributed by atoms with E-state index in [-0.39, 0.29) is 23.0 Å². The average Bonchev–Trinajstić information content (AvgIpc) is 2.77. The van der Waals surface area contributed by atoms with Crippen molar-refractivity contribution in [3.05, 3.63) is 53.6 Å². The Morgan fingerprint density at radius 1 is 0.862 bits per heavy atom. The predicted octanol–water partition coefficient (Wildman–Crippen LogP) is 3.48. The number of rotatable bonds is 9. The van der Waals surface area contributed by atoms with Gasteiger partial charge in [-0.3, -0.25) is 4.79 Å². The molecule has 0 radical (unpaired) electrons. The fraction of sp³-hybridized carbons (Fsp3) is 0.364. The highest BCUT2D eigenvalue weighted by Crippen LogP contribution is 2.40. The minimum absolute atomic E-state index is 0.137. The van der Waals surface area contributed by atoms with Crippen molar-refractivity contribution >= 4 is 11.9 Å². The van der Waals surface area contributed by atoms with Gasteiger partial charge in [-0.05, 0) is 26.0 Å². The molecule has 0 N–H and O–H groups in total. The standard InChI is InChI=1S/C22H27NO6/c1-6-23(7-2)21(24)18(15-11-9-8-10-12-15)29-22(25)16-13-14-17(26-3)20(28-5)19(16)27-4/h8-14,18H,6-7H2,1-5H3/t18-/m1/s1. The van der Waals surface area contributed by atoms with E-state index >= 15 is 0 Å². The molecular formula is C22H27NO6. The first-order chi connectivity index (χ1) is 14.0. The van der Waals surface area contributed by atoms with Crippen molar-refractivity contribution in [3.63, 3.8) is 0 Å². The van der Waals surface area contributed by atoms with Crippen molar-refractivity contribution in [3.8, 4) is 17.2 Å². The van der Waals surface area contributed by atoms with Gasteiger partial charge in [0, 0.05) is 18.7 Å². The smallest absolute Gasteiger partial charge is 0.343 e.